The van der Waals surface area contributed by atoms with Crippen LogP contribution in [-0.4, -0.2) is 36.1 Å². The molecule has 24 heavy (non-hydrogen) atoms. The third-order valence-corrected chi connectivity index (χ3v) is 3.48. The molecule has 0 saturated carbocycles. The molecule has 2 aromatic heterocycles. The molecule has 8 heteroatoms. The highest BCUT2D eigenvalue weighted by atomic mass is 16.5. The van der Waals surface area contributed by atoms with Gasteiger partial charge in [-0.25, -0.2) is 14.6 Å². The number of ether oxygens (including phenoxy) is 2. The van der Waals surface area contributed by atoms with E-state index in [1.807, 2.05) is 0 Å². The second-order valence-electron chi connectivity index (χ2n) is 4.86. The summed E-state index contributed by atoms with van der Waals surface area (Å²) in [6.07, 6.45) is 1.39. The molecule has 0 atom stereocenters. The van der Waals surface area contributed by atoms with Crippen molar-refractivity contribution < 1.29 is 19.1 Å². The number of methoxy groups -OCH3 is 2. The van der Waals surface area contributed by atoms with E-state index in [0.717, 1.165) is 0 Å². The van der Waals surface area contributed by atoms with Gasteiger partial charge in [0.1, 0.15) is 0 Å². The Morgan fingerprint density at radius 2 is 1.58 bits per heavy atom. The second kappa shape index (κ2) is 6.95. The maximum absolute atomic E-state index is 12.3. The number of esters is 2. The van der Waals surface area contributed by atoms with Crippen molar-refractivity contribution in [1.82, 2.24) is 9.97 Å². The van der Waals surface area contributed by atoms with E-state index in [1.54, 1.807) is 19.9 Å². The lowest BCUT2D eigenvalue weighted by Gasteiger charge is -2.17. The van der Waals surface area contributed by atoms with Crippen LogP contribution in [-0.2, 0) is 9.47 Å². The normalized spacial score (nSPS) is 10.2. The topological polar surface area (TPSA) is 108 Å². The molecule has 0 N–H and O–H groups in total. The molecule has 0 spiro atoms. The van der Waals surface area contributed by atoms with Gasteiger partial charge in [0, 0.05) is 17.3 Å². The number of hydrogen-bond donors (Lipinski definition) is 0. The fourth-order valence-electron chi connectivity index (χ4n) is 2.49. The van der Waals surface area contributed by atoms with Gasteiger partial charge in [0.25, 0.3) is 0 Å². The molecule has 0 aromatic carbocycles. The van der Waals surface area contributed by atoms with Gasteiger partial charge in [-0.2, -0.15) is 0 Å². The van der Waals surface area contributed by atoms with E-state index >= 15 is 0 Å². The van der Waals surface area contributed by atoms with Gasteiger partial charge < -0.3 is 9.47 Å². The molecule has 8 nitrogen and oxygen atoms in total. The first-order valence-electron chi connectivity index (χ1n) is 6.92. The monoisotopic (exact) mass is 329 g/mol. The first-order chi connectivity index (χ1) is 11.5. The zero-order chi connectivity index (χ0) is 17.9. The van der Waals surface area contributed by atoms with Crippen molar-refractivity contribution in [3.8, 4) is 11.1 Å². The Morgan fingerprint density at radius 1 is 1.04 bits per heavy atom. The van der Waals surface area contributed by atoms with Gasteiger partial charge >= 0.3 is 11.9 Å². The largest absolute Gasteiger partial charge is 0.465 e. The number of nitroso groups, excluding NO2 is 1. The molecule has 0 aliphatic rings. The van der Waals surface area contributed by atoms with E-state index < -0.39 is 11.9 Å². The van der Waals surface area contributed by atoms with Gasteiger partial charge in [-0.05, 0) is 31.2 Å². The molecule has 2 aromatic rings. The van der Waals surface area contributed by atoms with Gasteiger partial charge in [-0.3, -0.25) is 4.98 Å². The smallest absolute Gasteiger partial charge is 0.340 e. The first kappa shape index (κ1) is 17.2. The maximum Gasteiger partial charge on any atom is 0.340 e. The number of pyridine rings is 2. The van der Waals surface area contributed by atoms with Crippen molar-refractivity contribution in [3.05, 3.63) is 45.8 Å². The average molecular weight is 329 g/mol. The minimum Gasteiger partial charge on any atom is -0.465 e. The highest BCUT2D eigenvalue weighted by Gasteiger charge is 2.29. The molecule has 0 fully saturated rings. The Balaban J connectivity index is 3.01. The zero-order valence-electron chi connectivity index (χ0n) is 13.6. The van der Waals surface area contributed by atoms with Crippen LogP contribution in [0.3, 0.4) is 0 Å². The van der Waals surface area contributed by atoms with Crippen molar-refractivity contribution in [3.63, 3.8) is 0 Å². The zero-order valence-corrected chi connectivity index (χ0v) is 13.6. The Bertz CT molecular complexity index is 792. The molecule has 2 heterocycles. The Morgan fingerprint density at radius 3 is 2.04 bits per heavy atom. The summed E-state index contributed by atoms with van der Waals surface area (Å²) in [5, 5.41) is 2.87. The molecule has 0 amide bonds. The van der Waals surface area contributed by atoms with Crippen LogP contribution >= 0.6 is 0 Å². The molecule has 124 valence electrons. The van der Waals surface area contributed by atoms with Crippen molar-refractivity contribution >= 4 is 17.8 Å². The lowest BCUT2D eigenvalue weighted by Crippen LogP contribution is -2.16. The quantitative estimate of drug-likeness (QED) is 0.626. The number of carbonyl (C=O) groups is 2. The van der Waals surface area contributed by atoms with Crippen molar-refractivity contribution in [2.24, 2.45) is 5.18 Å². The summed E-state index contributed by atoms with van der Waals surface area (Å²) in [5.41, 5.74) is 1.21. The third-order valence-electron chi connectivity index (χ3n) is 3.48. The fourth-order valence-corrected chi connectivity index (χ4v) is 2.49. The molecule has 0 saturated heterocycles. The lowest BCUT2D eigenvalue weighted by molar-refractivity contribution is 0.0599. The molecule has 0 bridgehead atoms. The van der Waals surface area contributed by atoms with Gasteiger partial charge in [0.2, 0.25) is 5.82 Å². The standard InChI is InChI=1S/C16H15N3O5/c1-8-11(15(20)23-3)13(10-6-5-7-17-14(10)19-22)12(9(2)18-8)16(21)24-4/h5-7H,1-4H3. The Kier molecular flexibility index (Phi) is 4.98. The second-order valence-corrected chi connectivity index (χ2v) is 4.86. The van der Waals surface area contributed by atoms with Crippen LogP contribution in [0, 0.1) is 18.8 Å². The van der Waals surface area contributed by atoms with Crippen molar-refractivity contribution in [1.29, 1.82) is 0 Å². The van der Waals surface area contributed by atoms with Crippen molar-refractivity contribution in [2.75, 3.05) is 14.2 Å². The lowest BCUT2D eigenvalue weighted by atomic mass is 9.92. The maximum atomic E-state index is 12.3. The number of rotatable bonds is 4. The highest BCUT2D eigenvalue weighted by molar-refractivity contribution is 6.08. The minimum atomic E-state index is -0.694. The summed E-state index contributed by atoms with van der Waals surface area (Å²) in [4.78, 5) is 43.7. The van der Waals surface area contributed by atoms with Crippen LogP contribution in [0.4, 0.5) is 5.82 Å². The van der Waals surface area contributed by atoms with Crippen LogP contribution in [0.1, 0.15) is 32.1 Å². The van der Waals surface area contributed by atoms with E-state index in [0.29, 0.717) is 11.4 Å². The summed E-state index contributed by atoms with van der Waals surface area (Å²) in [6, 6.07) is 3.11. The van der Waals surface area contributed by atoms with E-state index in [4.69, 9.17) is 9.47 Å². The van der Waals surface area contributed by atoms with Crippen LogP contribution in [0.25, 0.3) is 11.1 Å². The van der Waals surface area contributed by atoms with Gasteiger partial charge in [-0.1, -0.05) is 0 Å². The van der Waals surface area contributed by atoms with E-state index in [1.165, 1.54) is 26.5 Å². The molecule has 0 radical (unpaired) electrons. The fraction of sp³-hybridized carbons (Fsp3) is 0.250. The third kappa shape index (κ3) is 2.85. The SMILES string of the molecule is COC(=O)c1c(C)nc(C)c(C(=O)OC)c1-c1cccnc1N=O. The molecular weight excluding hydrogens is 314 g/mol. The van der Waals surface area contributed by atoms with E-state index in [-0.39, 0.29) is 28.1 Å². The molecule has 0 aliphatic carbocycles. The minimum absolute atomic E-state index is 0.0569. The Labute approximate surface area is 137 Å². The number of hydrogen-bond acceptors (Lipinski definition) is 8. The average Bonchev–Trinajstić information content (AvgIpc) is 2.59. The number of aromatic nitrogens is 2. The molecule has 0 unspecified atom stereocenters. The number of nitrogens with zero attached hydrogens (tertiary/aromatic N) is 3. The predicted molar refractivity (Wildman–Crippen MR) is 85.1 cm³/mol. The summed E-state index contributed by atoms with van der Waals surface area (Å²) < 4.78 is 9.60. The van der Waals surface area contributed by atoms with E-state index in [9.17, 15) is 14.5 Å². The van der Waals surface area contributed by atoms with Crippen LogP contribution in [0.2, 0.25) is 0 Å². The first-order valence-corrected chi connectivity index (χ1v) is 6.92. The summed E-state index contributed by atoms with van der Waals surface area (Å²) in [6.45, 7) is 3.21. The van der Waals surface area contributed by atoms with Crippen LogP contribution in [0.5, 0.6) is 0 Å². The number of aryl methyl sites for hydroxylation is 2. The van der Waals surface area contributed by atoms with Crippen LogP contribution < -0.4 is 0 Å². The Hall–Kier alpha value is -3.16. The van der Waals surface area contributed by atoms with Crippen molar-refractivity contribution in [2.45, 2.75) is 13.8 Å². The summed E-state index contributed by atoms with van der Waals surface area (Å²) in [7, 11) is 2.43. The highest BCUT2D eigenvalue weighted by Crippen LogP contribution is 2.36. The molecular formula is C16H15N3O5. The van der Waals surface area contributed by atoms with Gasteiger partial charge in [0.15, 0.2) is 0 Å². The summed E-state index contributed by atoms with van der Waals surface area (Å²) >= 11 is 0. The predicted octanol–water partition coefficient (Wildman–Crippen LogP) is 2.73. The van der Waals surface area contributed by atoms with Gasteiger partial charge in [-0.15, -0.1) is 4.91 Å². The molecule has 0 aliphatic heterocycles. The molecule has 2 rings (SSSR count). The number of carbonyl (C=O) groups excluding carboxylic acids is 2. The van der Waals surface area contributed by atoms with Gasteiger partial charge in [0.05, 0.1) is 36.7 Å². The summed E-state index contributed by atoms with van der Waals surface area (Å²) in [5.74, 6) is -1.54. The van der Waals surface area contributed by atoms with Crippen LogP contribution in [0.15, 0.2) is 23.5 Å². The van der Waals surface area contributed by atoms with E-state index in [2.05, 4.69) is 15.1 Å².